The van der Waals surface area contributed by atoms with Gasteiger partial charge < -0.3 is 4.42 Å². The lowest BCUT2D eigenvalue weighted by Gasteiger charge is -2.14. The molecule has 0 aliphatic heterocycles. The molecule has 4 aromatic heterocycles. The predicted molar refractivity (Wildman–Crippen MR) is 188 cm³/mol. The van der Waals surface area contributed by atoms with Crippen LogP contribution in [0.2, 0.25) is 0 Å². The van der Waals surface area contributed by atoms with Crippen molar-refractivity contribution < 1.29 is 4.42 Å². The van der Waals surface area contributed by atoms with E-state index in [0.717, 1.165) is 61.1 Å². The third-order valence-electron chi connectivity index (χ3n) is 9.35. The number of para-hydroxylation sites is 4. The molecule has 0 aliphatic carbocycles. The first-order valence-corrected chi connectivity index (χ1v) is 15.9. The van der Waals surface area contributed by atoms with E-state index < -0.39 is 0 Å². The Kier molecular flexibility index (Phi) is 4.43. The van der Waals surface area contributed by atoms with E-state index >= 15 is 0 Å². The average Bonchev–Trinajstić information content (AvgIpc) is 3.59. The molecule has 0 saturated heterocycles. The lowest BCUT2D eigenvalue weighted by Crippen LogP contribution is -2.04. The minimum absolute atomic E-state index is 0.795. The second-order valence-electron chi connectivity index (χ2n) is 11.7. The molecule has 0 atom stereocenters. The van der Waals surface area contributed by atoms with Crippen molar-refractivity contribution in [2.24, 2.45) is 0 Å². The molecular weight excluding hydrogens is 571 g/mol. The molecule has 4 nitrogen and oxygen atoms in total. The van der Waals surface area contributed by atoms with E-state index in [1.807, 2.05) is 47.7 Å². The van der Waals surface area contributed by atoms with Gasteiger partial charge in [0.15, 0.2) is 5.82 Å². The van der Waals surface area contributed by atoms with Gasteiger partial charge in [-0.1, -0.05) is 78.9 Å². The molecule has 5 heteroatoms. The number of aromatic nitrogens is 3. The van der Waals surface area contributed by atoms with E-state index in [9.17, 15) is 0 Å². The van der Waals surface area contributed by atoms with Crippen molar-refractivity contribution in [2.45, 2.75) is 0 Å². The van der Waals surface area contributed by atoms with Crippen LogP contribution >= 0.6 is 11.3 Å². The van der Waals surface area contributed by atoms with Gasteiger partial charge in [-0.3, -0.25) is 4.57 Å². The summed E-state index contributed by atoms with van der Waals surface area (Å²) in [6, 6.07) is 45.0. The quantitative estimate of drug-likeness (QED) is 0.201. The van der Waals surface area contributed by atoms with E-state index in [-0.39, 0.29) is 0 Å². The molecule has 11 rings (SSSR count). The van der Waals surface area contributed by atoms with Crippen molar-refractivity contribution in [3.8, 4) is 17.1 Å². The number of furan rings is 1. The van der Waals surface area contributed by atoms with Crippen LogP contribution in [0.3, 0.4) is 0 Å². The van der Waals surface area contributed by atoms with Crippen LogP contribution < -0.4 is 0 Å². The van der Waals surface area contributed by atoms with Gasteiger partial charge in [0.25, 0.3) is 0 Å². The maximum Gasteiger partial charge on any atom is 0.165 e. The summed E-state index contributed by atoms with van der Waals surface area (Å²) in [6.45, 7) is 0. The second kappa shape index (κ2) is 8.44. The number of nitrogens with zero attached hydrogens (tertiary/aromatic N) is 3. The minimum Gasteiger partial charge on any atom is -0.455 e. The number of benzene rings is 7. The summed E-state index contributed by atoms with van der Waals surface area (Å²) in [7, 11) is 0. The van der Waals surface area contributed by atoms with Crippen LogP contribution in [-0.2, 0) is 0 Å². The standard InChI is InChI=1S/C40H21N3OS/c1-4-15-31-24(10-1)25-11-7-12-26(39(25)44-31)38-40(42-28-14-3-2-13-27(28)41-38)43-29-20-18-22-8-5-16-32-34(22)36(29)37-30(43)21-19-23-9-6-17-33(45-32)35(23)37/h1-21H. The van der Waals surface area contributed by atoms with Gasteiger partial charge in [-0.05, 0) is 59.3 Å². The molecule has 0 amide bonds. The molecule has 0 spiro atoms. The summed E-state index contributed by atoms with van der Waals surface area (Å²) in [5, 5.41) is 9.78. The summed E-state index contributed by atoms with van der Waals surface area (Å²) in [4.78, 5) is 10.7. The highest BCUT2D eigenvalue weighted by Crippen LogP contribution is 2.47. The van der Waals surface area contributed by atoms with Gasteiger partial charge in [-0.15, -0.1) is 11.3 Å². The number of hydrogen-bond donors (Lipinski definition) is 0. The van der Waals surface area contributed by atoms with Gasteiger partial charge in [0.1, 0.15) is 16.9 Å². The topological polar surface area (TPSA) is 43.9 Å². The van der Waals surface area contributed by atoms with Crippen molar-refractivity contribution in [3.63, 3.8) is 0 Å². The Morgan fingerprint density at radius 2 is 1.13 bits per heavy atom. The van der Waals surface area contributed by atoms with Crippen molar-refractivity contribution in [1.29, 1.82) is 0 Å². The molecule has 7 aromatic carbocycles. The molecule has 0 bridgehead atoms. The summed E-state index contributed by atoms with van der Waals surface area (Å²) >= 11 is 1.87. The van der Waals surface area contributed by atoms with Crippen LogP contribution in [0, 0.1) is 0 Å². The van der Waals surface area contributed by atoms with Crippen LogP contribution in [0.1, 0.15) is 0 Å². The molecule has 208 valence electrons. The monoisotopic (exact) mass is 591 g/mol. The van der Waals surface area contributed by atoms with Gasteiger partial charge in [-0.25, -0.2) is 9.97 Å². The summed E-state index contributed by atoms with van der Waals surface area (Å²) in [6.07, 6.45) is 0. The van der Waals surface area contributed by atoms with Crippen LogP contribution in [0.15, 0.2) is 132 Å². The molecule has 0 radical (unpaired) electrons. The minimum atomic E-state index is 0.795. The Balaban J connectivity index is 1.37. The van der Waals surface area contributed by atoms with Gasteiger partial charge >= 0.3 is 0 Å². The highest BCUT2D eigenvalue weighted by Gasteiger charge is 2.25. The SMILES string of the molecule is c1ccc2nc(-n3c4ccc5cccc6sc7cccc8ccc3c(c87)c4c56)c(-c3cccc4c3oc3ccccc34)nc2c1. The fourth-order valence-corrected chi connectivity index (χ4v) is 8.63. The van der Waals surface area contributed by atoms with Crippen LogP contribution in [0.5, 0.6) is 0 Å². The zero-order valence-corrected chi connectivity index (χ0v) is 24.6. The molecule has 0 aliphatic rings. The van der Waals surface area contributed by atoms with Gasteiger partial charge in [0.05, 0.1) is 22.1 Å². The molecule has 0 saturated carbocycles. The largest absolute Gasteiger partial charge is 0.455 e. The Hall–Kier alpha value is -5.78. The lowest BCUT2D eigenvalue weighted by atomic mass is 10.00. The Morgan fingerprint density at radius 3 is 1.87 bits per heavy atom. The zero-order chi connectivity index (χ0) is 29.2. The Morgan fingerprint density at radius 1 is 0.511 bits per heavy atom. The fraction of sp³-hybridized carbons (Fsp3) is 0. The van der Waals surface area contributed by atoms with Gasteiger partial charge in [0.2, 0.25) is 0 Å². The van der Waals surface area contributed by atoms with E-state index in [0.29, 0.717) is 0 Å². The maximum absolute atomic E-state index is 6.56. The van der Waals surface area contributed by atoms with Crippen LogP contribution in [0.25, 0.3) is 103 Å². The van der Waals surface area contributed by atoms with Gasteiger partial charge in [0, 0.05) is 47.3 Å². The van der Waals surface area contributed by atoms with Crippen molar-refractivity contribution in [2.75, 3.05) is 0 Å². The molecule has 45 heavy (non-hydrogen) atoms. The van der Waals surface area contributed by atoms with Gasteiger partial charge in [-0.2, -0.15) is 0 Å². The Bertz CT molecular complexity index is 2900. The molecular formula is C40H21N3OS. The first-order valence-electron chi connectivity index (χ1n) is 15.1. The maximum atomic E-state index is 6.56. The number of hydrogen-bond acceptors (Lipinski definition) is 4. The van der Waals surface area contributed by atoms with E-state index in [1.165, 1.54) is 41.7 Å². The van der Waals surface area contributed by atoms with E-state index in [2.05, 4.69) is 95.6 Å². The summed E-state index contributed by atoms with van der Waals surface area (Å²) in [5.74, 6) is 0.795. The molecule has 0 unspecified atom stereocenters. The third kappa shape index (κ3) is 3.05. The predicted octanol–water partition coefficient (Wildman–Crippen LogP) is 11.3. The highest BCUT2D eigenvalue weighted by atomic mass is 32.1. The summed E-state index contributed by atoms with van der Waals surface area (Å²) < 4.78 is 11.4. The zero-order valence-electron chi connectivity index (χ0n) is 23.8. The van der Waals surface area contributed by atoms with Crippen molar-refractivity contribution in [1.82, 2.24) is 14.5 Å². The fourth-order valence-electron chi connectivity index (χ4n) is 7.46. The normalized spacial score (nSPS) is 12.4. The third-order valence-corrected chi connectivity index (χ3v) is 10.5. The van der Waals surface area contributed by atoms with Crippen LogP contribution in [-0.4, -0.2) is 14.5 Å². The van der Waals surface area contributed by atoms with Crippen LogP contribution in [0.4, 0.5) is 0 Å². The number of rotatable bonds is 2. The average molecular weight is 592 g/mol. The highest BCUT2D eigenvalue weighted by molar-refractivity contribution is 7.24. The van der Waals surface area contributed by atoms with E-state index in [1.54, 1.807) is 0 Å². The first-order chi connectivity index (χ1) is 22.3. The lowest BCUT2D eigenvalue weighted by molar-refractivity contribution is 0.669. The summed E-state index contributed by atoms with van der Waals surface area (Å²) in [5.41, 5.74) is 7.36. The molecule has 0 N–H and O–H groups in total. The molecule has 0 fully saturated rings. The first kappa shape index (κ1) is 23.6. The van der Waals surface area contributed by atoms with Crippen molar-refractivity contribution >= 4 is 97.1 Å². The molecule has 11 aromatic rings. The van der Waals surface area contributed by atoms with Crippen molar-refractivity contribution in [3.05, 3.63) is 127 Å². The second-order valence-corrected chi connectivity index (χ2v) is 12.8. The van der Waals surface area contributed by atoms with E-state index in [4.69, 9.17) is 14.4 Å². The Labute approximate surface area is 259 Å². The molecule has 4 heterocycles. The number of fused-ring (bicyclic) bond motifs is 4. The smallest absolute Gasteiger partial charge is 0.165 e.